The van der Waals surface area contributed by atoms with Gasteiger partial charge < -0.3 is 20.2 Å². The van der Waals surface area contributed by atoms with Crippen molar-refractivity contribution >= 4 is 12.0 Å². The minimum Gasteiger partial charge on any atom is -0.481 e. The van der Waals surface area contributed by atoms with E-state index in [4.69, 9.17) is 5.11 Å². The van der Waals surface area contributed by atoms with Crippen LogP contribution in [0.15, 0.2) is 0 Å². The predicted octanol–water partition coefficient (Wildman–Crippen LogP) is 0.834. The van der Waals surface area contributed by atoms with E-state index in [1.54, 1.807) is 4.90 Å². The molecule has 0 radical (unpaired) electrons. The van der Waals surface area contributed by atoms with Crippen molar-refractivity contribution in [1.29, 1.82) is 0 Å². The number of carbonyl (C=O) groups excluding carboxylic acids is 1. The molecule has 2 N–H and O–H groups in total. The minimum atomic E-state index is -0.744. The van der Waals surface area contributed by atoms with E-state index in [1.807, 2.05) is 14.1 Å². The molecule has 0 aliphatic carbocycles. The Morgan fingerprint density at radius 2 is 1.95 bits per heavy atom. The number of nitrogens with one attached hydrogen (secondary N) is 1. The van der Waals surface area contributed by atoms with Crippen molar-refractivity contribution in [3.63, 3.8) is 0 Å². The standard InChI is InChI=1S/C13H25N3O3/c1-15(2)7-3-6-14-13(19)16-8-4-11(5-9-16)10-12(17)18/h11H,3-10H2,1-2H3,(H,14,19)(H,17,18). The Hall–Kier alpha value is -1.30. The zero-order valence-electron chi connectivity index (χ0n) is 11.9. The number of amides is 2. The molecule has 2 amide bonds. The smallest absolute Gasteiger partial charge is 0.317 e. The van der Waals surface area contributed by atoms with E-state index >= 15 is 0 Å². The van der Waals surface area contributed by atoms with E-state index < -0.39 is 5.97 Å². The summed E-state index contributed by atoms with van der Waals surface area (Å²) in [4.78, 5) is 26.3. The number of hydrogen-bond acceptors (Lipinski definition) is 3. The maximum Gasteiger partial charge on any atom is 0.317 e. The molecular weight excluding hydrogens is 246 g/mol. The molecule has 19 heavy (non-hydrogen) atoms. The van der Waals surface area contributed by atoms with E-state index in [0.717, 1.165) is 25.8 Å². The highest BCUT2D eigenvalue weighted by atomic mass is 16.4. The third-order valence-electron chi connectivity index (χ3n) is 3.42. The Labute approximate surface area is 114 Å². The normalized spacial score (nSPS) is 16.7. The molecule has 110 valence electrons. The lowest BCUT2D eigenvalue weighted by Crippen LogP contribution is -2.45. The first-order chi connectivity index (χ1) is 8.99. The van der Waals surface area contributed by atoms with Crippen LogP contribution < -0.4 is 5.32 Å². The van der Waals surface area contributed by atoms with Gasteiger partial charge in [-0.25, -0.2) is 4.79 Å². The number of carboxylic acid groups (broad SMARTS) is 1. The largest absolute Gasteiger partial charge is 0.481 e. The van der Waals surface area contributed by atoms with Crippen molar-refractivity contribution in [3.8, 4) is 0 Å². The van der Waals surface area contributed by atoms with Gasteiger partial charge in [0, 0.05) is 26.1 Å². The summed E-state index contributed by atoms with van der Waals surface area (Å²) in [7, 11) is 4.02. The van der Waals surface area contributed by atoms with Crippen LogP contribution in [-0.2, 0) is 4.79 Å². The van der Waals surface area contributed by atoms with Crippen LogP contribution in [0.2, 0.25) is 0 Å². The average molecular weight is 271 g/mol. The van der Waals surface area contributed by atoms with Gasteiger partial charge in [-0.2, -0.15) is 0 Å². The minimum absolute atomic E-state index is 0.0208. The first-order valence-corrected chi connectivity index (χ1v) is 6.88. The maximum atomic E-state index is 11.9. The van der Waals surface area contributed by atoms with Crippen LogP contribution in [0.1, 0.15) is 25.7 Å². The molecule has 1 aliphatic heterocycles. The van der Waals surface area contributed by atoms with Crippen LogP contribution in [0.5, 0.6) is 0 Å². The van der Waals surface area contributed by atoms with E-state index in [9.17, 15) is 9.59 Å². The topological polar surface area (TPSA) is 72.9 Å². The molecule has 0 aromatic heterocycles. The molecule has 0 spiro atoms. The number of carbonyl (C=O) groups is 2. The number of piperidine rings is 1. The zero-order chi connectivity index (χ0) is 14.3. The van der Waals surface area contributed by atoms with Gasteiger partial charge in [0.1, 0.15) is 0 Å². The van der Waals surface area contributed by atoms with Gasteiger partial charge in [0.05, 0.1) is 0 Å². The van der Waals surface area contributed by atoms with Crippen molar-refractivity contribution in [2.24, 2.45) is 5.92 Å². The highest BCUT2D eigenvalue weighted by Gasteiger charge is 2.23. The number of aliphatic carboxylic acids is 1. The lowest BCUT2D eigenvalue weighted by molar-refractivity contribution is -0.138. The fraction of sp³-hybridized carbons (Fsp3) is 0.846. The Balaban J connectivity index is 2.16. The number of likely N-dealkylation sites (tertiary alicyclic amines) is 1. The predicted molar refractivity (Wildman–Crippen MR) is 73.1 cm³/mol. The van der Waals surface area contributed by atoms with E-state index in [1.165, 1.54) is 0 Å². The van der Waals surface area contributed by atoms with Gasteiger partial charge >= 0.3 is 12.0 Å². The molecule has 0 aromatic rings. The van der Waals surface area contributed by atoms with Gasteiger partial charge in [-0.3, -0.25) is 4.79 Å². The third kappa shape index (κ3) is 6.42. The zero-order valence-corrected chi connectivity index (χ0v) is 11.9. The Bertz CT molecular complexity index is 300. The third-order valence-corrected chi connectivity index (χ3v) is 3.42. The van der Waals surface area contributed by atoms with Crippen LogP contribution >= 0.6 is 0 Å². The molecule has 1 rings (SSSR count). The molecule has 0 aromatic carbocycles. The van der Waals surface area contributed by atoms with E-state index in [-0.39, 0.29) is 18.4 Å². The van der Waals surface area contributed by atoms with Crippen LogP contribution in [0, 0.1) is 5.92 Å². The summed E-state index contributed by atoms with van der Waals surface area (Å²) < 4.78 is 0. The van der Waals surface area contributed by atoms with Gasteiger partial charge in [-0.15, -0.1) is 0 Å². The number of hydrogen-bond donors (Lipinski definition) is 2. The number of nitrogens with zero attached hydrogens (tertiary/aromatic N) is 2. The van der Waals surface area contributed by atoms with Crippen molar-refractivity contribution < 1.29 is 14.7 Å². The van der Waals surface area contributed by atoms with Crippen LogP contribution in [-0.4, -0.2) is 67.2 Å². The first kappa shape index (κ1) is 15.8. The second-order valence-corrected chi connectivity index (χ2v) is 5.42. The summed E-state index contributed by atoms with van der Waals surface area (Å²) in [6.07, 6.45) is 2.74. The summed E-state index contributed by atoms with van der Waals surface area (Å²) in [6.45, 7) is 2.97. The Kier molecular flexibility index (Phi) is 6.62. The Morgan fingerprint density at radius 3 is 2.47 bits per heavy atom. The van der Waals surface area contributed by atoms with Crippen molar-refractivity contribution in [2.45, 2.75) is 25.7 Å². The molecule has 0 unspecified atom stereocenters. The van der Waals surface area contributed by atoms with Crippen LogP contribution in [0.4, 0.5) is 4.79 Å². The van der Waals surface area contributed by atoms with E-state index in [0.29, 0.717) is 19.6 Å². The molecule has 0 saturated carbocycles. The summed E-state index contributed by atoms with van der Waals surface area (Å²) in [5.41, 5.74) is 0. The van der Waals surface area contributed by atoms with Crippen LogP contribution in [0.3, 0.4) is 0 Å². The number of carboxylic acids is 1. The molecule has 1 heterocycles. The molecule has 0 atom stereocenters. The van der Waals surface area contributed by atoms with Gasteiger partial charge in [-0.05, 0) is 45.8 Å². The summed E-state index contributed by atoms with van der Waals surface area (Å²) in [5, 5.41) is 11.6. The highest BCUT2D eigenvalue weighted by molar-refractivity contribution is 5.74. The number of urea groups is 1. The second kappa shape index (κ2) is 7.99. The summed E-state index contributed by atoms with van der Waals surface area (Å²) >= 11 is 0. The van der Waals surface area contributed by atoms with Crippen LogP contribution in [0.25, 0.3) is 0 Å². The first-order valence-electron chi connectivity index (χ1n) is 6.88. The fourth-order valence-corrected chi connectivity index (χ4v) is 2.29. The fourth-order valence-electron chi connectivity index (χ4n) is 2.29. The molecule has 1 aliphatic rings. The number of rotatable bonds is 6. The van der Waals surface area contributed by atoms with Gasteiger partial charge in [-0.1, -0.05) is 0 Å². The van der Waals surface area contributed by atoms with Gasteiger partial charge in [0.2, 0.25) is 0 Å². The summed E-state index contributed by atoms with van der Waals surface area (Å²) in [6, 6.07) is -0.0208. The van der Waals surface area contributed by atoms with Gasteiger partial charge in [0.15, 0.2) is 0 Å². The van der Waals surface area contributed by atoms with E-state index in [2.05, 4.69) is 10.2 Å². The second-order valence-electron chi connectivity index (χ2n) is 5.42. The van der Waals surface area contributed by atoms with Crippen molar-refractivity contribution in [1.82, 2.24) is 15.1 Å². The molecule has 6 heteroatoms. The highest BCUT2D eigenvalue weighted by Crippen LogP contribution is 2.20. The lowest BCUT2D eigenvalue weighted by Gasteiger charge is -2.31. The quantitative estimate of drug-likeness (QED) is 0.702. The molecule has 1 fully saturated rings. The molecular formula is C13H25N3O3. The molecule has 6 nitrogen and oxygen atoms in total. The van der Waals surface area contributed by atoms with Crippen molar-refractivity contribution in [3.05, 3.63) is 0 Å². The average Bonchev–Trinajstić information content (AvgIpc) is 2.34. The lowest BCUT2D eigenvalue weighted by atomic mass is 9.94. The molecule has 0 bridgehead atoms. The van der Waals surface area contributed by atoms with Crippen molar-refractivity contribution in [2.75, 3.05) is 40.3 Å². The maximum absolute atomic E-state index is 11.9. The Morgan fingerprint density at radius 1 is 1.32 bits per heavy atom. The SMILES string of the molecule is CN(C)CCCNC(=O)N1CCC(CC(=O)O)CC1. The molecule has 1 saturated heterocycles. The van der Waals surface area contributed by atoms with Gasteiger partial charge in [0.25, 0.3) is 0 Å². The summed E-state index contributed by atoms with van der Waals surface area (Å²) in [5.74, 6) is -0.526. The monoisotopic (exact) mass is 271 g/mol.